The smallest absolute Gasteiger partial charge is 0.337 e. The van der Waals surface area contributed by atoms with Gasteiger partial charge in [-0.25, -0.2) is 18.0 Å². The predicted octanol–water partition coefficient (Wildman–Crippen LogP) is 4.23. The van der Waals surface area contributed by atoms with Crippen molar-refractivity contribution in [3.8, 4) is 0 Å². The van der Waals surface area contributed by atoms with Crippen LogP contribution in [-0.4, -0.2) is 27.5 Å². The zero-order valence-corrected chi connectivity index (χ0v) is 17.7. The second-order valence-corrected chi connectivity index (χ2v) is 8.25. The van der Waals surface area contributed by atoms with Gasteiger partial charge in [-0.2, -0.15) is 0 Å². The van der Waals surface area contributed by atoms with Crippen molar-refractivity contribution in [2.24, 2.45) is 0 Å². The number of hydrogen-bond donors (Lipinski definition) is 3. The van der Waals surface area contributed by atoms with Gasteiger partial charge in [0.1, 0.15) is 0 Å². The lowest BCUT2D eigenvalue weighted by atomic mass is 10.1. The number of nitrogens with one attached hydrogen (secondary N) is 3. The van der Waals surface area contributed by atoms with E-state index in [-0.39, 0.29) is 10.5 Å². The van der Waals surface area contributed by atoms with Gasteiger partial charge in [-0.15, -0.1) is 0 Å². The number of hydrogen-bond acceptors (Lipinski definition) is 5. The van der Waals surface area contributed by atoms with Crippen LogP contribution in [0.4, 0.5) is 21.9 Å². The van der Waals surface area contributed by atoms with E-state index in [1.165, 1.54) is 31.4 Å². The number of carbonyl (C=O) groups is 2. The molecule has 0 spiro atoms. The molecule has 8 nitrogen and oxygen atoms in total. The number of aryl methyl sites for hydroxylation is 1. The fourth-order valence-electron chi connectivity index (χ4n) is 2.78. The Hall–Kier alpha value is -3.85. The minimum Gasteiger partial charge on any atom is -0.465 e. The molecule has 0 aromatic heterocycles. The number of benzene rings is 3. The van der Waals surface area contributed by atoms with E-state index in [9.17, 15) is 18.0 Å². The van der Waals surface area contributed by atoms with E-state index >= 15 is 0 Å². The summed E-state index contributed by atoms with van der Waals surface area (Å²) in [4.78, 5) is 23.8. The fraction of sp³-hybridized carbons (Fsp3) is 0.0909. The molecule has 0 aliphatic rings. The van der Waals surface area contributed by atoms with Gasteiger partial charge >= 0.3 is 12.0 Å². The van der Waals surface area contributed by atoms with Crippen LogP contribution < -0.4 is 15.4 Å². The van der Waals surface area contributed by atoms with Gasteiger partial charge in [0, 0.05) is 17.1 Å². The molecule has 0 fully saturated rings. The van der Waals surface area contributed by atoms with Gasteiger partial charge in [-0.3, -0.25) is 4.72 Å². The molecule has 160 valence electrons. The maximum atomic E-state index is 12.8. The molecule has 0 heterocycles. The molecule has 3 N–H and O–H groups in total. The van der Waals surface area contributed by atoms with E-state index in [2.05, 4.69) is 20.1 Å². The van der Waals surface area contributed by atoms with Crippen molar-refractivity contribution < 1.29 is 22.7 Å². The Morgan fingerprint density at radius 2 is 1.39 bits per heavy atom. The highest BCUT2D eigenvalue weighted by atomic mass is 32.2. The van der Waals surface area contributed by atoms with Crippen LogP contribution in [0.15, 0.2) is 77.7 Å². The van der Waals surface area contributed by atoms with E-state index in [0.29, 0.717) is 22.6 Å². The van der Waals surface area contributed by atoms with Crippen LogP contribution >= 0.6 is 0 Å². The molecule has 0 unspecified atom stereocenters. The Labute approximate surface area is 180 Å². The van der Waals surface area contributed by atoms with Crippen LogP contribution in [0.25, 0.3) is 0 Å². The number of urea groups is 1. The molecular weight excluding hydrogens is 418 g/mol. The highest BCUT2D eigenvalue weighted by Crippen LogP contribution is 2.22. The minimum absolute atomic E-state index is 0.0279. The van der Waals surface area contributed by atoms with Crippen molar-refractivity contribution in [3.05, 3.63) is 83.9 Å². The van der Waals surface area contributed by atoms with Crippen LogP contribution in [0.5, 0.6) is 0 Å². The highest BCUT2D eigenvalue weighted by Gasteiger charge is 2.19. The van der Waals surface area contributed by atoms with Gasteiger partial charge in [-0.1, -0.05) is 24.3 Å². The summed E-state index contributed by atoms with van der Waals surface area (Å²) in [6.07, 6.45) is 0. The summed E-state index contributed by atoms with van der Waals surface area (Å²) in [7, 11) is -2.72. The molecule has 0 bridgehead atoms. The molecule has 3 aromatic rings. The first-order valence-corrected chi connectivity index (χ1v) is 10.7. The largest absolute Gasteiger partial charge is 0.465 e. The lowest BCUT2D eigenvalue weighted by Gasteiger charge is -2.12. The normalized spacial score (nSPS) is 10.8. The number of esters is 1. The Morgan fingerprint density at radius 1 is 0.806 bits per heavy atom. The zero-order valence-electron chi connectivity index (χ0n) is 16.9. The number of carbonyl (C=O) groups excluding carboxylic acids is 2. The summed E-state index contributed by atoms with van der Waals surface area (Å²) in [5.41, 5.74) is 2.06. The van der Waals surface area contributed by atoms with Gasteiger partial charge in [-0.05, 0) is 61.0 Å². The first-order chi connectivity index (χ1) is 14.8. The third-order valence-electron chi connectivity index (χ3n) is 4.33. The number of sulfonamides is 1. The zero-order chi connectivity index (χ0) is 22.4. The van der Waals surface area contributed by atoms with Crippen molar-refractivity contribution in [1.29, 1.82) is 0 Å². The number of para-hydroxylation sites is 1. The summed E-state index contributed by atoms with van der Waals surface area (Å²) >= 11 is 0. The molecule has 0 saturated heterocycles. The summed E-state index contributed by atoms with van der Waals surface area (Å²) in [5, 5.41) is 5.36. The molecular formula is C22H21N3O5S. The number of ether oxygens (including phenoxy) is 1. The number of methoxy groups -OCH3 is 1. The molecule has 0 aliphatic heterocycles. The second-order valence-electron chi connectivity index (χ2n) is 6.60. The van der Waals surface area contributed by atoms with Gasteiger partial charge < -0.3 is 15.4 Å². The second kappa shape index (κ2) is 9.31. The van der Waals surface area contributed by atoms with Crippen molar-refractivity contribution in [1.82, 2.24) is 0 Å². The molecule has 0 radical (unpaired) electrons. The first-order valence-electron chi connectivity index (χ1n) is 9.23. The van der Waals surface area contributed by atoms with Crippen LogP contribution in [0.2, 0.25) is 0 Å². The molecule has 0 saturated carbocycles. The molecule has 3 rings (SSSR count). The van der Waals surface area contributed by atoms with E-state index in [4.69, 9.17) is 0 Å². The molecule has 31 heavy (non-hydrogen) atoms. The van der Waals surface area contributed by atoms with Crippen LogP contribution in [0, 0.1) is 6.92 Å². The van der Waals surface area contributed by atoms with Gasteiger partial charge in [0.25, 0.3) is 10.0 Å². The maximum absolute atomic E-state index is 12.8. The Kier molecular flexibility index (Phi) is 6.56. The van der Waals surface area contributed by atoms with Gasteiger partial charge in [0.2, 0.25) is 0 Å². The molecule has 9 heteroatoms. The molecule has 3 aromatic carbocycles. The fourth-order valence-corrected chi connectivity index (χ4v) is 4.11. The summed E-state index contributed by atoms with van der Waals surface area (Å²) < 4.78 is 32.7. The quantitative estimate of drug-likeness (QED) is 0.498. The van der Waals surface area contributed by atoms with E-state index < -0.39 is 22.0 Å². The summed E-state index contributed by atoms with van der Waals surface area (Å²) in [5.74, 6) is -0.624. The Balaban J connectivity index is 1.70. The third kappa shape index (κ3) is 5.61. The molecule has 2 amide bonds. The average Bonchev–Trinajstić information content (AvgIpc) is 2.75. The highest BCUT2D eigenvalue weighted by molar-refractivity contribution is 7.92. The predicted molar refractivity (Wildman–Crippen MR) is 119 cm³/mol. The monoisotopic (exact) mass is 439 g/mol. The van der Waals surface area contributed by atoms with Crippen molar-refractivity contribution in [3.63, 3.8) is 0 Å². The van der Waals surface area contributed by atoms with Crippen LogP contribution in [-0.2, 0) is 14.8 Å². The first kappa shape index (κ1) is 21.8. The number of rotatable bonds is 6. The third-order valence-corrected chi connectivity index (χ3v) is 5.85. The van der Waals surface area contributed by atoms with Crippen molar-refractivity contribution >= 4 is 39.1 Å². The van der Waals surface area contributed by atoms with E-state index in [1.807, 2.05) is 6.07 Å². The molecule has 0 atom stereocenters. The average molecular weight is 439 g/mol. The Bertz CT molecular complexity index is 1190. The van der Waals surface area contributed by atoms with E-state index in [1.54, 1.807) is 49.4 Å². The van der Waals surface area contributed by atoms with E-state index in [0.717, 1.165) is 0 Å². The van der Waals surface area contributed by atoms with Crippen molar-refractivity contribution in [2.45, 2.75) is 11.8 Å². The van der Waals surface area contributed by atoms with Crippen molar-refractivity contribution in [2.75, 3.05) is 22.5 Å². The number of amides is 2. The maximum Gasteiger partial charge on any atom is 0.337 e. The standard InChI is InChI=1S/C22H21N3O5S/c1-15-8-9-16(21(26)30-2)14-20(15)31(28,29)25-19-12-10-18(11-13-19)24-22(27)23-17-6-4-3-5-7-17/h3-14,25H,1-2H3,(H2,23,24,27). The summed E-state index contributed by atoms with van der Waals surface area (Å²) in [6, 6.07) is 19.0. The number of anilines is 3. The lowest BCUT2D eigenvalue weighted by molar-refractivity contribution is 0.0600. The van der Waals surface area contributed by atoms with Gasteiger partial charge in [0.05, 0.1) is 17.6 Å². The molecule has 0 aliphatic carbocycles. The SMILES string of the molecule is COC(=O)c1ccc(C)c(S(=O)(=O)Nc2ccc(NC(=O)Nc3ccccc3)cc2)c1. The van der Waals surface area contributed by atoms with Crippen LogP contribution in [0.3, 0.4) is 0 Å². The lowest BCUT2D eigenvalue weighted by Crippen LogP contribution is -2.19. The minimum atomic E-state index is -3.94. The topological polar surface area (TPSA) is 114 Å². The Morgan fingerprint density at radius 3 is 2.00 bits per heavy atom. The van der Waals surface area contributed by atoms with Crippen LogP contribution in [0.1, 0.15) is 15.9 Å². The van der Waals surface area contributed by atoms with Gasteiger partial charge in [0.15, 0.2) is 0 Å². The summed E-state index contributed by atoms with van der Waals surface area (Å²) in [6.45, 7) is 1.63.